The van der Waals surface area contributed by atoms with Crippen molar-refractivity contribution in [2.24, 2.45) is 11.1 Å². The van der Waals surface area contributed by atoms with E-state index < -0.39 is 5.82 Å². The van der Waals surface area contributed by atoms with Gasteiger partial charge in [-0.3, -0.25) is 0 Å². The number of fused-ring (bicyclic) bond motifs is 1. The first-order chi connectivity index (χ1) is 12.8. The maximum atomic E-state index is 14.3. The summed E-state index contributed by atoms with van der Waals surface area (Å²) in [6, 6.07) is 0. The molecule has 0 bridgehead atoms. The zero-order chi connectivity index (χ0) is 19.4. The molecule has 2 aromatic rings. The molecular weight excluding hydrogens is 341 g/mol. The molecule has 2 heterocycles. The van der Waals surface area contributed by atoms with Crippen LogP contribution in [0.15, 0.2) is 30.6 Å². The Labute approximate surface area is 159 Å². The Bertz CT molecular complexity index is 956. The van der Waals surface area contributed by atoms with Crippen molar-refractivity contribution < 1.29 is 4.39 Å². The number of anilines is 1. The highest BCUT2D eigenvalue weighted by molar-refractivity contribution is 5.61. The number of hydrogen-bond donors (Lipinski definition) is 2. The van der Waals surface area contributed by atoms with E-state index in [1.807, 2.05) is 19.9 Å². The second-order valence-electron chi connectivity index (χ2n) is 8.18. The third-order valence-electron chi connectivity index (χ3n) is 6.42. The molecule has 2 aliphatic rings. The van der Waals surface area contributed by atoms with Gasteiger partial charge in [-0.2, -0.15) is 5.10 Å². The Balaban J connectivity index is 1.84. The summed E-state index contributed by atoms with van der Waals surface area (Å²) in [6.45, 7) is 7.77. The van der Waals surface area contributed by atoms with Crippen LogP contribution in [-0.2, 0) is 6.42 Å². The number of nitrogens with zero attached hydrogens (tertiary/aromatic N) is 3. The molecule has 2 fully saturated rings. The van der Waals surface area contributed by atoms with Crippen LogP contribution in [0.1, 0.15) is 49.4 Å². The van der Waals surface area contributed by atoms with Gasteiger partial charge in [0.1, 0.15) is 0 Å². The van der Waals surface area contributed by atoms with Crippen molar-refractivity contribution >= 4 is 11.8 Å². The molecule has 0 aromatic carbocycles. The van der Waals surface area contributed by atoms with Gasteiger partial charge in [-0.15, -0.1) is 0 Å². The van der Waals surface area contributed by atoms with Crippen LogP contribution < -0.4 is 11.5 Å². The monoisotopic (exact) mass is 367 g/mol. The Kier molecular flexibility index (Phi) is 4.00. The third kappa shape index (κ3) is 2.70. The second kappa shape index (κ2) is 6.02. The molecular formula is C21H26FN5. The lowest BCUT2D eigenvalue weighted by Gasteiger charge is -2.19. The number of hydrogen-bond acceptors (Lipinski definition) is 4. The van der Waals surface area contributed by atoms with Gasteiger partial charge in [-0.05, 0) is 62.2 Å². The van der Waals surface area contributed by atoms with Gasteiger partial charge in [0.25, 0.3) is 0 Å². The number of pyridine rings is 1. The first-order valence-electron chi connectivity index (χ1n) is 9.38. The van der Waals surface area contributed by atoms with Crippen LogP contribution in [0.3, 0.4) is 0 Å². The van der Waals surface area contributed by atoms with E-state index in [0.29, 0.717) is 17.8 Å². The quantitative estimate of drug-likeness (QED) is 0.790. The summed E-state index contributed by atoms with van der Waals surface area (Å²) in [4.78, 5) is 4.38. The van der Waals surface area contributed by atoms with Crippen LogP contribution in [0.4, 0.5) is 10.1 Å². The molecule has 0 amide bonds. The number of allylic oxidation sites excluding steroid dienone is 2. The minimum absolute atomic E-state index is 0.0145. The van der Waals surface area contributed by atoms with E-state index in [0.717, 1.165) is 42.5 Å². The summed E-state index contributed by atoms with van der Waals surface area (Å²) >= 11 is 0. The van der Waals surface area contributed by atoms with Crippen LogP contribution in [0, 0.1) is 18.2 Å². The largest absolute Gasteiger partial charge is 0.396 e. The summed E-state index contributed by atoms with van der Waals surface area (Å²) in [5.74, 6) is 0.0929. The van der Waals surface area contributed by atoms with Crippen LogP contribution in [-0.4, -0.2) is 20.3 Å². The topological polar surface area (TPSA) is 82.8 Å². The summed E-state index contributed by atoms with van der Waals surface area (Å²) in [6.07, 6.45) is 11.5. The molecule has 2 aliphatic carbocycles. The van der Waals surface area contributed by atoms with Crippen LogP contribution >= 0.6 is 0 Å². The number of halogens is 1. The summed E-state index contributed by atoms with van der Waals surface area (Å²) in [5.41, 5.74) is 16.4. The molecule has 2 unspecified atom stereocenters. The average Bonchev–Trinajstić information content (AvgIpc) is 2.87. The second-order valence-corrected chi connectivity index (χ2v) is 8.18. The molecule has 6 heteroatoms. The molecule has 0 spiro atoms. The minimum atomic E-state index is -0.491. The van der Waals surface area contributed by atoms with Crippen molar-refractivity contribution in [3.8, 4) is 5.82 Å². The van der Waals surface area contributed by atoms with Crippen molar-refractivity contribution in [2.75, 3.05) is 5.73 Å². The van der Waals surface area contributed by atoms with E-state index >= 15 is 0 Å². The number of aryl methyl sites for hydroxylation is 1. The molecule has 142 valence electrons. The van der Waals surface area contributed by atoms with E-state index in [1.54, 1.807) is 17.0 Å². The molecule has 0 radical (unpaired) electrons. The number of nitrogen functional groups attached to an aromatic ring is 1. The minimum Gasteiger partial charge on any atom is -0.396 e. The normalized spacial score (nSPS) is 26.9. The predicted octanol–water partition coefficient (Wildman–Crippen LogP) is 3.70. The molecule has 2 saturated carbocycles. The molecule has 0 aliphatic heterocycles. The van der Waals surface area contributed by atoms with Gasteiger partial charge in [0.2, 0.25) is 0 Å². The Morgan fingerprint density at radius 2 is 2.19 bits per heavy atom. The van der Waals surface area contributed by atoms with Crippen LogP contribution in [0.5, 0.6) is 0 Å². The first-order valence-corrected chi connectivity index (χ1v) is 9.38. The Morgan fingerprint density at radius 1 is 1.41 bits per heavy atom. The molecule has 2 atom stereocenters. The number of rotatable bonds is 5. The zero-order valence-electron chi connectivity index (χ0n) is 15.9. The predicted molar refractivity (Wildman–Crippen MR) is 106 cm³/mol. The third-order valence-corrected chi connectivity index (χ3v) is 6.42. The SMILES string of the molecule is C=C/C(C)=C\c1c(C)cnn1-c1ncc(F)c(N)c1CC12CCCC1(N)C2. The maximum Gasteiger partial charge on any atom is 0.164 e. The Morgan fingerprint density at radius 3 is 2.81 bits per heavy atom. The van der Waals surface area contributed by atoms with Gasteiger partial charge in [0.15, 0.2) is 11.6 Å². The van der Waals surface area contributed by atoms with Gasteiger partial charge < -0.3 is 11.5 Å². The summed E-state index contributed by atoms with van der Waals surface area (Å²) in [7, 11) is 0. The molecule has 0 saturated heterocycles. The lowest BCUT2D eigenvalue weighted by Crippen LogP contribution is -2.27. The molecule has 4 rings (SSSR count). The van der Waals surface area contributed by atoms with E-state index in [4.69, 9.17) is 11.5 Å². The summed E-state index contributed by atoms with van der Waals surface area (Å²) in [5, 5.41) is 4.50. The lowest BCUT2D eigenvalue weighted by molar-refractivity contribution is 0.457. The van der Waals surface area contributed by atoms with Crippen molar-refractivity contribution in [1.82, 2.24) is 14.8 Å². The van der Waals surface area contributed by atoms with E-state index in [-0.39, 0.29) is 16.6 Å². The fourth-order valence-electron chi connectivity index (χ4n) is 4.60. The van der Waals surface area contributed by atoms with E-state index in [2.05, 4.69) is 16.7 Å². The van der Waals surface area contributed by atoms with E-state index in [9.17, 15) is 4.39 Å². The van der Waals surface area contributed by atoms with Gasteiger partial charge in [-0.25, -0.2) is 14.1 Å². The smallest absolute Gasteiger partial charge is 0.164 e. The first kappa shape index (κ1) is 17.9. The van der Waals surface area contributed by atoms with Gasteiger partial charge in [0.05, 0.1) is 23.8 Å². The molecule has 5 nitrogen and oxygen atoms in total. The number of nitrogens with two attached hydrogens (primary N) is 2. The highest BCUT2D eigenvalue weighted by Crippen LogP contribution is 2.67. The van der Waals surface area contributed by atoms with Gasteiger partial charge in [-0.1, -0.05) is 19.1 Å². The van der Waals surface area contributed by atoms with Gasteiger partial charge in [0, 0.05) is 11.1 Å². The highest BCUT2D eigenvalue weighted by Gasteiger charge is 2.67. The average molecular weight is 367 g/mol. The molecule has 4 N–H and O–H groups in total. The fraction of sp³-hybridized carbons (Fsp3) is 0.429. The van der Waals surface area contributed by atoms with Crippen molar-refractivity contribution in [1.29, 1.82) is 0 Å². The Hall–Kier alpha value is -2.47. The van der Waals surface area contributed by atoms with Gasteiger partial charge >= 0.3 is 0 Å². The lowest BCUT2D eigenvalue weighted by atomic mass is 9.92. The fourth-order valence-corrected chi connectivity index (χ4v) is 4.60. The van der Waals surface area contributed by atoms with E-state index in [1.165, 1.54) is 6.20 Å². The molecule has 2 aromatic heterocycles. The van der Waals surface area contributed by atoms with Crippen LogP contribution in [0.25, 0.3) is 11.9 Å². The zero-order valence-corrected chi connectivity index (χ0v) is 15.9. The standard InChI is InChI=1S/C21H26FN5/c1-4-13(2)8-17-14(3)10-26-27(17)19-15(18(23)16(22)11-25-19)9-20-6-5-7-21(20,24)12-20/h4,8,10-11H,1,5-7,9,12,24H2,2-3H3,(H2,23,25)/b13-8-. The van der Waals surface area contributed by atoms with Crippen molar-refractivity contribution in [2.45, 2.75) is 51.5 Å². The maximum absolute atomic E-state index is 14.3. The highest BCUT2D eigenvalue weighted by atomic mass is 19.1. The van der Waals surface area contributed by atoms with Crippen molar-refractivity contribution in [3.05, 3.63) is 53.3 Å². The molecule has 27 heavy (non-hydrogen) atoms. The van der Waals surface area contributed by atoms with Crippen molar-refractivity contribution in [3.63, 3.8) is 0 Å². The number of aromatic nitrogens is 3. The van der Waals surface area contributed by atoms with Crippen LogP contribution in [0.2, 0.25) is 0 Å². The summed E-state index contributed by atoms with van der Waals surface area (Å²) < 4.78 is 16.0.